The number of aromatic nitrogens is 1. The van der Waals surface area contributed by atoms with Gasteiger partial charge in [0, 0.05) is 29.7 Å². The predicted molar refractivity (Wildman–Crippen MR) is 86.2 cm³/mol. The fourth-order valence-corrected chi connectivity index (χ4v) is 3.46. The Morgan fingerprint density at radius 1 is 1.35 bits per heavy atom. The van der Waals surface area contributed by atoms with Crippen LogP contribution in [-0.2, 0) is 6.54 Å². The second kappa shape index (κ2) is 6.52. The van der Waals surface area contributed by atoms with Crippen molar-refractivity contribution < 1.29 is 0 Å². The summed E-state index contributed by atoms with van der Waals surface area (Å²) in [6.45, 7) is 10.9. The van der Waals surface area contributed by atoms with Crippen molar-refractivity contribution in [1.82, 2.24) is 20.1 Å². The van der Waals surface area contributed by atoms with Crippen molar-refractivity contribution >= 4 is 11.3 Å². The number of rotatable bonds is 3. The lowest BCUT2D eigenvalue weighted by atomic mass is 10.1. The van der Waals surface area contributed by atoms with Crippen LogP contribution < -0.4 is 5.32 Å². The van der Waals surface area contributed by atoms with Gasteiger partial charge in [-0.2, -0.15) is 0 Å². The van der Waals surface area contributed by atoms with E-state index >= 15 is 0 Å². The Kier molecular flexibility index (Phi) is 5.18. The van der Waals surface area contributed by atoms with Crippen molar-refractivity contribution in [1.29, 1.82) is 0 Å². The molecular weight excluding hydrogens is 268 g/mol. The third kappa shape index (κ3) is 4.52. The molecule has 0 aromatic carbocycles. The van der Waals surface area contributed by atoms with Gasteiger partial charge in [-0.15, -0.1) is 11.3 Å². The summed E-state index contributed by atoms with van der Waals surface area (Å²) in [5.41, 5.74) is 0.156. The Morgan fingerprint density at radius 2 is 2.10 bits per heavy atom. The van der Waals surface area contributed by atoms with Gasteiger partial charge < -0.3 is 10.2 Å². The van der Waals surface area contributed by atoms with E-state index in [1.165, 1.54) is 22.9 Å². The van der Waals surface area contributed by atoms with Gasteiger partial charge in [0.25, 0.3) is 0 Å². The second-order valence-electron chi connectivity index (χ2n) is 6.88. The van der Waals surface area contributed by atoms with Crippen molar-refractivity contribution in [3.05, 3.63) is 16.1 Å². The fraction of sp³-hybridized carbons (Fsp3) is 0.800. The summed E-state index contributed by atoms with van der Waals surface area (Å²) in [6.07, 6.45) is 3.28. The number of nitrogens with zero attached hydrogens (tertiary/aromatic N) is 3. The van der Waals surface area contributed by atoms with Crippen molar-refractivity contribution in [3.63, 3.8) is 0 Å². The second-order valence-corrected chi connectivity index (χ2v) is 8.03. The molecule has 1 saturated heterocycles. The van der Waals surface area contributed by atoms with Gasteiger partial charge in [0.05, 0.1) is 6.04 Å². The van der Waals surface area contributed by atoms with Crippen LogP contribution in [0.25, 0.3) is 0 Å². The molecule has 0 aliphatic carbocycles. The zero-order valence-corrected chi connectivity index (χ0v) is 14.3. The van der Waals surface area contributed by atoms with Gasteiger partial charge in [-0.1, -0.05) is 0 Å². The standard InChI is InChI=1S/C15H28N4S/c1-15(2,3)17-10-12-9-16-14(20-12)13-11-18(4)7-6-8-19(13)5/h9,13,17H,6-8,10-11H2,1-5H3. The van der Waals surface area contributed by atoms with Crippen LogP contribution >= 0.6 is 11.3 Å². The molecule has 0 saturated carbocycles. The minimum absolute atomic E-state index is 0.156. The minimum atomic E-state index is 0.156. The molecule has 0 spiro atoms. The first-order chi connectivity index (χ1) is 9.35. The molecule has 4 nitrogen and oxygen atoms in total. The van der Waals surface area contributed by atoms with Gasteiger partial charge in [0.1, 0.15) is 5.01 Å². The summed E-state index contributed by atoms with van der Waals surface area (Å²) in [6, 6.07) is 0.441. The van der Waals surface area contributed by atoms with E-state index in [2.05, 4.69) is 55.0 Å². The molecule has 1 N–H and O–H groups in total. The van der Waals surface area contributed by atoms with Gasteiger partial charge in [-0.3, -0.25) is 4.90 Å². The van der Waals surface area contributed by atoms with Crippen LogP contribution in [0.5, 0.6) is 0 Å². The van der Waals surface area contributed by atoms with E-state index in [9.17, 15) is 0 Å². The maximum Gasteiger partial charge on any atom is 0.111 e. The molecule has 0 radical (unpaired) electrons. The molecule has 1 aromatic heterocycles. The average molecular weight is 296 g/mol. The first-order valence-corrected chi connectivity index (χ1v) is 8.25. The zero-order valence-electron chi connectivity index (χ0n) is 13.4. The lowest BCUT2D eigenvalue weighted by Gasteiger charge is -2.25. The van der Waals surface area contributed by atoms with Crippen LogP contribution in [-0.4, -0.2) is 54.1 Å². The summed E-state index contributed by atoms with van der Waals surface area (Å²) in [7, 11) is 4.43. The minimum Gasteiger partial charge on any atom is -0.307 e. The molecule has 1 atom stereocenters. The van der Waals surface area contributed by atoms with Crippen molar-refractivity contribution in [2.45, 2.75) is 45.3 Å². The van der Waals surface area contributed by atoms with Gasteiger partial charge in [0.2, 0.25) is 0 Å². The molecule has 1 aliphatic rings. The Hall–Kier alpha value is -0.490. The van der Waals surface area contributed by atoms with Crippen molar-refractivity contribution in [2.75, 3.05) is 33.7 Å². The molecule has 0 bridgehead atoms. The number of hydrogen-bond acceptors (Lipinski definition) is 5. The molecule has 0 amide bonds. The van der Waals surface area contributed by atoms with Crippen LogP contribution in [0.4, 0.5) is 0 Å². The van der Waals surface area contributed by atoms with Gasteiger partial charge in [-0.05, 0) is 54.4 Å². The van der Waals surface area contributed by atoms with E-state index in [1.54, 1.807) is 0 Å². The third-order valence-electron chi connectivity index (χ3n) is 3.72. The van der Waals surface area contributed by atoms with Crippen LogP contribution in [0.1, 0.15) is 43.1 Å². The molecule has 1 aliphatic heterocycles. The lowest BCUT2D eigenvalue weighted by molar-refractivity contribution is 0.228. The summed E-state index contributed by atoms with van der Waals surface area (Å²) in [4.78, 5) is 10.9. The molecular formula is C15H28N4S. The molecule has 1 unspecified atom stereocenters. The topological polar surface area (TPSA) is 31.4 Å². The summed E-state index contributed by atoms with van der Waals surface area (Å²) in [5, 5.41) is 4.79. The van der Waals surface area contributed by atoms with Crippen molar-refractivity contribution in [3.8, 4) is 0 Å². The Labute approximate surface area is 127 Å². The fourth-order valence-electron chi connectivity index (χ4n) is 2.45. The number of hydrogen-bond donors (Lipinski definition) is 1. The third-order valence-corrected chi connectivity index (χ3v) is 4.82. The Balaban J connectivity index is 2.03. The monoisotopic (exact) mass is 296 g/mol. The highest BCUT2D eigenvalue weighted by atomic mass is 32.1. The molecule has 20 heavy (non-hydrogen) atoms. The maximum atomic E-state index is 4.68. The largest absolute Gasteiger partial charge is 0.307 e. The van der Waals surface area contributed by atoms with Crippen molar-refractivity contribution in [2.24, 2.45) is 0 Å². The maximum absolute atomic E-state index is 4.68. The molecule has 1 aromatic rings. The lowest BCUT2D eigenvalue weighted by Crippen LogP contribution is -2.34. The molecule has 1 fully saturated rings. The van der Waals surface area contributed by atoms with Crippen LogP contribution in [0, 0.1) is 0 Å². The van der Waals surface area contributed by atoms with E-state index in [0.717, 1.165) is 19.6 Å². The summed E-state index contributed by atoms with van der Waals surface area (Å²) in [5.74, 6) is 0. The van der Waals surface area contributed by atoms with Gasteiger partial charge in [-0.25, -0.2) is 4.98 Å². The van der Waals surface area contributed by atoms with Crippen LogP contribution in [0.3, 0.4) is 0 Å². The van der Waals surface area contributed by atoms with Gasteiger partial charge in [0.15, 0.2) is 0 Å². The first-order valence-electron chi connectivity index (χ1n) is 7.43. The summed E-state index contributed by atoms with van der Waals surface area (Å²) < 4.78 is 0. The highest BCUT2D eigenvalue weighted by molar-refractivity contribution is 7.11. The van der Waals surface area contributed by atoms with Crippen LogP contribution in [0.15, 0.2) is 6.20 Å². The number of likely N-dealkylation sites (N-methyl/N-ethyl adjacent to an activating group) is 2. The molecule has 2 rings (SSSR count). The van der Waals surface area contributed by atoms with E-state index in [-0.39, 0.29) is 5.54 Å². The van der Waals surface area contributed by atoms with Crippen LogP contribution in [0.2, 0.25) is 0 Å². The highest BCUT2D eigenvalue weighted by Gasteiger charge is 2.24. The molecule has 2 heterocycles. The average Bonchev–Trinajstić information content (AvgIpc) is 2.74. The van der Waals surface area contributed by atoms with E-state index in [1.807, 2.05) is 17.5 Å². The van der Waals surface area contributed by atoms with E-state index in [0.29, 0.717) is 6.04 Å². The van der Waals surface area contributed by atoms with Gasteiger partial charge >= 0.3 is 0 Å². The smallest absolute Gasteiger partial charge is 0.111 e. The Morgan fingerprint density at radius 3 is 2.80 bits per heavy atom. The first kappa shape index (κ1) is 15.9. The predicted octanol–water partition coefficient (Wildman–Crippen LogP) is 2.34. The molecule has 5 heteroatoms. The van der Waals surface area contributed by atoms with E-state index < -0.39 is 0 Å². The normalized spacial score (nSPS) is 22.9. The Bertz CT molecular complexity index is 424. The van der Waals surface area contributed by atoms with E-state index in [4.69, 9.17) is 0 Å². The SMILES string of the molecule is CN1CCCN(C)C(c2ncc(CNC(C)(C)C)s2)C1. The number of thiazole rings is 1. The zero-order chi connectivity index (χ0) is 14.8. The summed E-state index contributed by atoms with van der Waals surface area (Å²) >= 11 is 1.85. The quantitative estimate of drug-likeness (QED) is 0.928. The highest BCUT2D eigenvalue weighted by Crippen LogP contribution is 2.27. The molecule has 114 valence electrons. The number of nitrogens with one attached hydrogen (secondary N) is 1.